The molecule has 0 aromatic heterocycles. The normalized spacial score (nSPS) is 25.7. The lowest BCUT2D eigenvalue weighted by Gasteiger charge is -2.27. The molecule has 0 bridgehead atoms. The molecule has 0 aromatic carbocycles. The molecule has 0 saturated carbocycles. The van der Waals surface area contributed by atoms with Gasteiger partial charge in [-0.2, -0.15) is 0 Å². The number of rotatable bonds is 3. The fourth-order valence-corrected chi connectivity index (χ4v) is 1.96. The van der Waals surface area contributed by atoms with Crippen molar-refractivity contribution < 1.29 is 9.53 Å². The third kappa shape index (κ3) is 2.95. The Morgan fingerprint density at radius 3 is 2.87 bits per heavy atom. The Balaban J connectivity index is 2.71. The molecule has 1 unspecified atom stereocenters. The highest BCUT2D eigenvalue weighted by atomic mass is 16.5. The van der Waals surface area contributed by atoms with Gasteiger partial charge in [0.25, 0.3) is 0 Å². The van der Waals surface area contributed by atoms with Crippen molar-refractivity contribution in [3.8, 4) is 0 Å². The largest absolute Gasteiger partial charge is 0.466 e. The highest BCUT2D eigenvalue weighted by Gasteiger charge is 2.28. The van der Waals surface area contributed by atoms with Crippen LogP contribution in [0.4, 0.5) is 0 Å². The standard InChI is InChI=1S/C13H20O2/c1-5-15-13(14)12-8-11(9(2)3)7-6-10(12)4/h6,11-12H,2,5,7-8H2,1,3-4H3/t11-,12?/m1/s1. The van der Waals surface area contributed by atoms with Crippen molar-refractivity contribution in [3.63, 3.8) is 0 Å². The molecule has 0 aromatic rings. The first-order valence-corrected chi connectivity index (χ1v) is 5.55. The second-order valence-electron chi connectivity index (χ2n) is 4.27. The lowest BCUT2D eigenvalue weighted by molar-refractivity contribution is -0.147. The monoisotopic (exact) mass is 208 g/mol. The van der Waals surface area contributed by atoms with Gasteiger partial charge in [0.05, 0.1) is 12.5 Å². The van der Waals surface area contributed by atoms with Gasteiger partial charge in [0.1, 0.15) is 0 Å². The average Bonchev–Trinajstić information content (AvgIpc) is 2.18. The van der Waals surface area contributed by atoms with Crippen LogP contribution in [-0.2, 0) is 9.53 Å². The molecule has 2 heteroatoms. The van der Waals surface area contributed by atoms with Crippen molar-refractivity contribution in [2.24, 2.45) is 11.8 Å². The molecule has 2 nitrogen and oxygen atoms in total. The highest BCUT2D eigenvalue weighted by molar-refractivity contribution is 5.76. The summed E-state index contributed by atoms with van der Waals surface area (Å²) in [7, 11) is 0. The molecule has 0 fully saturated rings. The molecule has 0 radical (unpaired) electrons. The van der Waals surface area contributed by atoms with Gasteiger partial charge >= 0.3 is 5.97 Å². The third-order valence-electron chi connectivity index (χ3n) is 3.06. The smallest absolute Gasteiger partial charge is 0.313 e. The predicted molar refractivity (Wildman–Crippen MR) is 61.4 cm³/mol. The zero-order chi connectivity index (χ0) is 11.4. The van der Waals surface area contributed by atoms with E-state index < -0.39 is 0 Å². The molecule has 0 N–H and O–H groups in total. The van der Waals surface area contributed by atoms with Crippen LogP contribution in [0, 0.1) is 11.8 Å². The van der Waals surface area contributed by atoms with Crippen LogP contribution >= 0.6 is 0 Å². The van der Waals surface area contributed by atoms with Crippen LogP contribution in [0.25, 0.3) is 0 Å². The second-order valence-corrected chi connectivity index (χ2v) is 4.27. The first kappa shape index (κ1) is 12.0. The summed E-state index contributed by atoms with van der Waals surface area (Å²) in [4.78, 5) is 11.7. The van der Waals surface area contributed by atoms with E-state index in [0.717, 1.165) is 24.0 Å². The molecule has 0 amide bonds. The van der Waals surface area contributed by atoms with Crippen molar-refractivity contribution in [1.29, 1.82) is 0 Å². The van der Waals surface area contributed by atoms with Crippen LogP contribution in [0.15, 0.2) is 23.8 Å². The first-order chi connectivity index (χ1) is 7.06. The van der Waals surface area contributed by atoms with E-state index >= 15 is 0 Å². The Kier molecular flexibility index (Phi) is 4.13. The highest BCUT2D eigenvalue weighted by Crippen LogP contribution is 2.33. The molecule has 0 heterocycles. The molecule has 0 spiro atoms. The molecule has 1 aliphatic rings. The van der Waals surface area contributed by atoms with Crippen molar-refractivity contribution >= 4 is 5.97 Å². The van der Waals surface area contributed by atoms with Gasteiger partial charge in [0.2, 0.25) is 0 Å². The summed E-state index contributed by atoms with van der Waals surface area (Å²) in [5.41, 5.74) is 2.30. The first-order valence-electron chi connectivity index (χ1n) is 5.55. The van der Waals surface area contributed by atoms with E-state index in [1.165, 1.54) is 0 Å². The molecule has 2 atom stereocenters. The maximum atomic E-state index is 11.7. The number of carbonyl (C=O) groups is 1. The number of hydrogen-bond acceptors (Lipinski definition) is 2. The van der Waals surface area contributed by atoms with E-state index in [4.69, 9.17) is 4.74 Å². The topological polar surface area (TPSA) is 26.3 Å². The van der Waals surface area contributed by atoms with Gasteiger partial charge in [-0.15, -0.1) is 0 Å². The zero-order valence-corrected chi connectivity index (χ0v) is 9.88. The van der Waals surface area contributed by atoms with Crippen molar-refractivity contribution in [3.05, 3.63) is 23.8 Å². The maximum absolute atomic E-state index is 11.7. The Morgan fingerprint density at radius 2 is 2.33 bits per heavy atom. The van der Waals surface area contributed by atoms with Gasteiger partial charge in [0, 0.05) is 0 Å². The van der Waals surface area contributed by atoms with Crippen LogP contribution < -0.4 is 0 Å². The Labute approximate surface area is 92.0 Å². The molecule has 1 aliphatic carbocycles. The minimum Gasteiger partial charge on any atom is -0.466 e. The number of allylic oxidation sites excluding steroid dienone is 2. The fraction of sp³-hybridized carbons (Fsp3) is 0.615. The average molecular weight is 208 g/mol. The minimum atomic E-state index is -0.0859. The van der Waals surface area contributed by atoms with E-state index in [-0.39, 0.29) is 11.9 Å². The van der Waals surface area contributed by atoms with Crippen LogP contribution in [0.3, 0.4) is 0 Å². The molecular weight excluding hydrogens is 188 g/mol. The summed E-state index contributed by atoms with van der Waals surface area (Å²) in [5.74, 6) is 0.292. The third-order valence-corrected chi connectivity index (χ3v) is 3.06. The molecule has 15 heavy (non-hydrogen) atoms. The summed E-state index contributed by atoms with van der Waals surface area (Å²) in [6.45, 7) is 10.3. The quantitative estimate of drug-likeness (QED) is 0.526. The summed E-state index contributed by atoms with van der Waals surface area (Å²) >= 11 is 0. The molecule has 0 aliphatic heterocycles. The fourth-order valence-electron chi connectivity index (χ4n) is 1.96. The van der Waals surface area contributed by atoms with Gasteiger partial charge in [-0.3, -0.25) is 4.79 Å². The number of ether oxygens (including phenoxy) is 1. The predicted octanol–water partition coefficient (Wildman–Crippen LogP) is 3.10. The second kappa shape index (κ2) is 5.15. The van der Waals surface area contributed by atoms with E-state index in [9.17, 15) is 4.79 Å². The van der Waals surface area contributed by atoms with Crippen LogP contribution in [0.1, 0.15) is 33.6 Å². The number of hydrogen-bond donors (Lipinski definition) is 0. The summed E-state index contributed by atoms with van der Waals surface area (Å²) in [5, 5.41) is 0. The summed E-state index contributed by atoms with van der Waals surface area (Å²) < 4.78 is 5.07. The SMILES string of the molecule is C=C(C)[C@@H]1CC=C(C)C(C(=O)OCC)C1. The molecule has 84 valence electrons. The van der Waals surface area contributed by atoms with Gasteiger partial charge in [0.15, 0.2) is 0 Å². The Hall–Kier alpha value is -1.05. The maximum Gasteiger partial charge on any atom is 0.313 e. The van der Waals surface area contributed by atoms with Crippen LogP contribution in [0.5, 0.6) is 0 Å². The van der Waals surface area contributed by atoms with Gasteiger partial charge in [-0.05, 0) is 39.5 Å². The van der Waals surface area contributed by atoms with Crippen LogP contribution in [0.2, 0.25) is 0 Å². The molecule has 1 rings (SSSR count). The van der Waals surface area contributed by atoms with Gasteiger partial charge in [-0.1, -0.05) is 23.8 Å². The van der Waals surface area contributed by atoms with Crippen molar-refractivity contribution in [2.75, 3.05) is 6.61 Å². The summed E-state index contributed by atoms with van der Waals surface area (Å²) in [6.07, 6.45) is 4.01. The summed E-state index contributed by atoms with van der Waals surface area (Å²) in [6, 6.07) is 0. The molecule has 0 saturated heterocycles. The Morgan fingerprint density at radius 1 is 1.67 bits per heavy atom. The minimum absolute atomic E-state index is 0.0552. The lowest BCUT2D eigenvalue weighted by Crippen LogP contribution is -2.25. The van der Waals surface area contributed by atoms with Crippen molar-refractivity contribution in [2.45, 2.75) is 33.6 Å². The van der Waals surface area contributed by atoms with E-state index in [1.54, 1.807) is 0 Å². The van der Waals surface area contributed by atoms with Crippen molar-refractivity contribution in [1.82, 2.24) is 0 Å². The van der Waals surface area contributed by atoms with E-state index in [0.29, 0.717) is 12.5 Å². The number of carbonyl (C=O) groups excluding carboxylic acids is 1. The number of esters is 1. The Bertz CT molecular complexity index is 289. The van der Waals surface area contributed by atoms with E-state index in [2.05, 4.69) is 12.7 Å². The van der Waals surface area contributed by atoms with Crippen LogP contribution in [-0.4, -0.2) is 12.6 Å². The van der Waals surface area contributed by atoms with Gasteiger partial charge in [-0.25, -0.2) is 0 Å². The van der Waals surface area contributed by atoms with Gasteiger partial charge < -0.3 is 4.74 Å². The zero-order valence-electron chi connectivity index (χ0n) is 9.88. The molecular formula is C13H20O2. The lowest BCUT2D eigenvalue weighted by atomic mass is 9.79. The van der Waals surface area contributed by atoms with E-state index in [1.807, 2.05) is 20.8 Å².